The standard InChI is InChI=1S/C15H17IN2/c16-14-3-1-12(2-4-14)10-18-8-7-13(11-18)9-17-15-5-6-15/h1-4,7-8,11,15,17H,5-6,9-10H2. The number of aromatic nitrogens is 1. The van der Waals surface area contributed by atoms with Crippen molar-refractivity contribution in [1.82, 2.24) is 9.88 Å². The van der Waals surface area contributed by atoms with E-state index in [-0.39, 0.29) is 0 Å². The van der Waals surface area contributed by atoms with E-state index in [1.54, 1.807) is 0 Å². The summed E-state index contributed by atoms with van der Waals surface area (Å²) in [5.41, 5.74) is 2.74. The van der Waals surface area contributed by atoms with Crippen LogP contribution in [0.5, 0.6) is 0 Å². The molecular weight excluding hydrogens is 335 g/mol. The van der Waals surface area contributed by atoms with Crippen LogP contribution in [0.3, 0.4) is 0 Å². The average Bonchev–Trinajstić information content (AvgIpc) is 3.10. The molecule has 0 saturated heterocycles. The van der Waals surface area contributed by atoms with Gasteiger partial charge >= 0.3 is 0 Å². The fourth-order valence-corrected chi connectivity index (χ4v) is 2.40. The molecule has 1 heterocycles. The van der Waals surface area contributed by atoms with Crippen LogP contribution in [0, 0.1) is 3.57 Å². The first-order chi connectivity index (χ1) is 8.79. The van der Waals surface area contributed by atoms with Crippen molar-refractivity contribution in [1.29, 1.82) is 0 Å². The predicted octanol–water partition coefficient (Wildman–Crippen LogP) is 3.39. The average molecular weight is 352 g/mol. The van der Waals surface area contributed by atoms with E-state index < -0.39 is 0 Å². The maximum Gasteiger partial charge on any atom is 0.0470 e. The molecule has 3 rings (SSSR count). The molecule has 1 aromatic heterocycles. The lowest BCUT2D eigenvalue weighted by Gasteiger charge is -2.03. The van der Waals surface area contributed by atoms with Gasteiger partial charge in [0.1, 0.15) is 0 Å². The molecule has 2 nitrogen and oxygen atoms in total. The Hall–Kier alpha value is -0.810. The van der Waals surface area contributed by atoms with Crippen molar-refractivity contribution < 1.29 is 0 Å². The molecule has 1 aliphatic carbocycles. The predicted molar refractivity (Wildman–Crippen MR) is 82.6 cm³/mol. The maximum atomic E-state index is 3.54. The highest BCUT2D eigenvalue weighted by atomic mass is 127. The Morgan fingerprint density at radius 2 is 1.89 bits per heavy atom. The maximum absolute atomic E-state index is 3.54. The molecule has 1 aliphatic rings. The second-order valence-corrected chi connectivity index (χ2v) is 6.22. The molecule has 0 spiro atoms. The Kier molecular flexibility index (Phi) is 3.70. The molecule has 2 aromatic rings. The highest BCUT2D eigenvalue weighted by Crippen LogP contribution is 2.19. The molecule has 1 fully saturated rings. The van der Waals surface area contributed by atoms with E-state index >= 15 is 0 Å². The Morgan fingerprint density at radius 1 is 1.11 bits per heavy atom. The topological polar surface area (TPSA) is 17.0 Å². The first kappa shape index (κ1) is 12.2. The molecule has 0 aliphatic heterocycles. The summed E-state index contributed by atoms with van der Waals surface area (Å²) in [7, 11) is 0. The number of nitrogens with zero attached hydrogens (tertiary/aromatic N) is 1. The summed E-state index contributed by atoms with van der Waals surface area (Å²) >= 11 is 2.34. The third-order valence-corrected chi connectivity index (χ3v) is 3.98. The molecule has 0 atom stereocenters. The van der Waals surface area contributed by atoms with Crippen LogP contribution in [0.1, 0.15) is 24.0 Å². The van der Waals surface area contributed by atoms with Crippen molar-refractivity contribution in [3.63, 3.8) is 0 Å². The van der Waals surface area contributed by atoms with E-state index in [0.29, 0.717) is 0 Å². The SMILES string of the molecule is Ic1ccc(Cn2ccc(CNC3CC3)c2)cc1. The van der Waals surface area contributed by atoms with Crippen LogP contribution in [0.4, 0.5) is 0 Å². The van der Waals surface area contributed by atoms with Gasteiger partial charge in [-0.05, 0) is 64.8 Å². The lowest BCUT2D eigenvalue weighted by Crippen LogP contribution is -2.14. The lowest BCUT2D eigenvalue weighted by molar-refractivity contribution is 0.685. The van der Waals surface area contributed by atoms with Crippen LogP contribution >= 0.6 is 22.6 Å². The molecule has 3 heteroatoms. The molecule has 0 amide bonds. The van der Waals surface area contributed by atoms with Gasteiger partial charge in [0, 0.05) is 35.1 Å². The number of halogens is 1. The molecule has 1 aromatic carbocycles. The van der Waals surface area contributed by atoms with Gasteiger partial charge in [0.2, 0.25) is 0 Å². The summed E-state index contributed by atoms with van der Waals surface area (Å²) in [5.74, 6) is 0. The summed E-state index contributed by atoms with van der Waals surface area (Å²) in [4.78, 5) is 0. The van der Waals surface area contributed by atoms with E-state index in [9.17, 15) is 0 Å². The normalized spacial score (nSPS) is 14.9. The van der Waals surface area contributed by atoms with Gasteiger partial charge < -0.3 is 9.88 Å². The van der Waals surface area contributed by atoms with Crippen molar-refractivity contribution in [2.24, 2.45) is 0 Å². The minimum absolute atomic E-state index is 0.782. The van der Waals surface area contributed by atoms with Crippen LogP contribution in [-0.2, 0) is 13.1 Å². The number of hydrogen-bond donors (Lipinski definition) is 1. The fourth-order valence-electron chi connectivity index (χ4n) is 2.04. The number of benzene rings is 1. The summed E-state index contributed by atoms with van der Waals surface area (Å²) in [6.45, 7) is 1.96. The second kappa shape index (κ2) is 5.45. The summed E-state index contributed by atoms with van der Waals surface area (Å²) < 4.78 is 3.55. The van der Waals surface area contributed by atoms with Gasteiger partial charge in [0.05, 0.1) is 0 Å². The highest BCUT2D eigenvalue weighted by molar-refractivity contribution is 14.1. The van der Waals surface area contributed by atoms with Crippen LogP contribution in [-0.4, -0.2) is 10.6 Å². The van der Waals surface area contributed by atoms with Gasteiger partial charge in [-0.15, -0.1) is 0 Å². The Morgan fingerprint density at radius 3 is 2.61 bits per heavy atom. The number of hydrogen-bond acceptors (Lipinski definition) is 1. The molecule has 0 radical (unpaired) electrons. The molecule has 0 bridgehead atoms. The first-order valence-corrected chi connectivity index (χ1v) is 7.50. The lowest BCUT2D eigenvalue weighted by atomic mass is 10.2. The summed E-state index contributed by atoms with van der Waals surface area (Å²) in [6.07, 6.45) is 7.11. The molecular formula is C15H17IN2. The van der Waals surface area contributed by atoms with E-state index in [1.165, 1.54) is 27.5 Å². The van der Waals surface area contributed by atoms with E-state index in [2.05, 4.69) is 75.2 Å². The minimum atomic E-state index is 0.782. The first-order valence-electron chi connectivity index (χ1n) is 6.42. The van der Waals surface area contributed by atoms with Crippen LogP contribution in [0.2, 0.25) is 0 Å². The molecule has 1 N–H and O–H groups in total. The van der Waals surface area contributed by atoms with Gasteiger partial charge in [0.15, 0.2) is 0 Å². The highest BCUT2D eigenvalue weighted by Gasteiger charge is 2.19. The zero-order valence-corrected chi connectivity index (χ0v) is 12.4. The monoisotopic (exact) mass is 352 g/mol. The number of rotatable bonds is 5. The third-order valence-electron chi connectivity index (χ3n) is 3.26. The third kappa shape index (κ3) is 3.36. The van der Waals surface area contributed by atoms with Crippen molar-refractivity contribution in [2.45, 2.75) is 32.0 Å². The molecule has 0 unspecified atom stereocenters. The van der Waals surface area contributed by atoms with Crippen molar-refractivity contribution >= 4 is 22.6 Å². The smallest absolute Gasteiger partial charge is 0.0470 e. The Bertz CT molecular complexity index is 512. The van der Waals surface area contributed by atoms with Crippen molar-refractivity contribution in [3.05, 3.63) is 57.4 Å². The van der Waals surface area contributed by atoms with E-state index in [4.69, 9.17) is 0 Å². The van der Waals surface area contributed by atoms with Gasteiger partial charge in [-0.25, -0.2) is 0 Å². The Labute approximate surface area is 122 Å². The largest absolute Gasteiger partial charge is 0.350 e. The van der Waals surface area contributed by atoms with E-state index in [0.717, 1.165) is 19.1 Å². The summed E-state index contributed by atoms with van der Waals surface area (Å²) in [6, 6.07) is 11.7. The second-order valence-electron chi connectivity index (χ2n) is 4.97. The van der Waals surface area contributed by atoms with Gasteiger partial charge in [-0.1, -0.05) is 12.1 Å². The quantitative estimate of drug-likeness (QED) is 0.817. The van der Waals surface area contributed by atoms with Crippen LogP contribution in [0.25, 0.3) is 0 Å². The molecule has 94 valence electrons. The minimum Gasteiger partial charge on any atom is -0.350 e. The van der Waals surface area contributed by atoms with Gasteiger partial charge in [0.25, 0.3) is 0 Å². The fraction of sp³-hybridized carbons (Fsp3) is 0.333. The van der Waals surface area contributed by atoms with Gasteiger partial charge in [-0.3, -0.25) is 0 Å². The van der Waals surface area contributed by atoms with E-state index in [1.807, 2.05) is 0 Å². The zero-order chi connectivity index (χ0) is 12.4. The summed E-state index contributed by atoms with van der Waals surface area (Å²) in [5, 5.41) is 3.54. The van der Waals surface area contributed by atoms with Crippen molar-refractivity contribution in [2.75, 3.05) is 0 Å². The van der Waals surface area contributed by atoms with Gasteiger partial charge in [-0.2, -0.15) is 0 Å². The number of nitrogens with one attached hydrogen (secondary N) is 1. The van der Waals surface area contributed by atoms with Crippen LogP contribution < -0.4 is 5.32 Å². The Balaban J connectivity index is 1.60. The van der Waals surface area contributed by atoms with Crippen molar-refractivity contribution in [3.8, 4) is 0 Å². The molecule has 18 heavy (non-hydrogen) atoms. The zero-order valence-electron chi connectivity index (χ0n) is 10.3. The molecule has 1 saturated carbocycles. The van der Waals surface area contributed by atoms with Crippen LogP contribution in [0.15, 0.2) is 42.7 Å².